The molecule has 0 radical (unpaired) electrons. The number of aromatic nitrogens is 1. The number of hydrogen-bond acceptors (Lipinski definition) is 3. The van der Waals surface area contributed by atoms with E-state index in [1.165, 1.54) is 11.3 Å². The van der Waals surface area contributed by atoms with Gasteiger partial charge in [-0.05, 0) is 12.6 Å². The quantitative estimate of drug-likeness (QED) is 0.741. The van der Waals surface area contributed by atoms with Crippen LogP contribution in [0.25, 0.3) is 10.6 Å². The second kappa shape index (κ2) is 7.11. The Hall–Kier alpha value is -1.04. The number of hydrogen-bond donors (Lipinski definition) is 0. The summed E-state index contributed by atoms with van der Waals surface area (Å²) < 4.78 is 24.8. The van der Waals surface area contributed by atoms with Gasteiger partial charge in [0.15, 0.2) is 0 Å². The highest BCUT2D eigenvalue weighted by atomic mass is 35.5. The topological polar surface area (TPSA) is 16.1 Å². The number of halogens is 3. The summed E-state index contributed by atoms with van der Waals surface area (Å²) in [5, 5.41) is 2.80. The SMILES string of the molecule is CN(Cc1ccccc1-c1nc(CCl)cs1)CC(F)F. The summed E-state index contributed by atoms with van der Waals surface area (Å²) >= 11 is 7.28. The van der Waals surface area contributed by atoms with Crippen LogP contribution in [0.5, 0.6) is 0 Å². The molecule has 0 aliphatic heterocycles. The predicted octanol–water partition coefficient (Wildman–Crippen LogP) is 4.25. The first-order valence-corrected chi connectivity index (χ1v) is 7.57. The highest BCUT2D eigenvalue weighted by Gasteiger charge is 2.13. The molecule has 0 unspecified atom stereocenters. The number of nitrogens with zero attached hydrogens (tertiary/aromatic N) is 2. The lowest BCUT2D eigenvalue weighted by molar-refractivity contribution is 0.0976. The molecule has 2 aromatic rings. The van der Waals surface area contributed by atoms with Gasteiger partial charge >= 0.3 is 0 Å². The van der Waals surface area contributed by atoms with Gasteiger partial charge in [0.2, 0.25) is 0 Å². The van der Waals surface area contributed by atoms with Crippen LogP contribution in [0.15, 0.2) is 29.6 Å². The van der Waals surface area contributed by atoms with Gasteiger partial charge in [0.05, 0.1) is 18.1 Å². The fraction of sp³-hybridized carbons (Fsp3) is 0.357. The number of alkyl halides is 3. The van der Waals surface area contributed by atoms with Crippen LogP contribution in [0.3, 0.4) is 0 Å². The molecule has 0 amide bonds. The molecule has 0 saturated carbocycles. The third-order valence-corrected chi connectivity index (χ3v) is 4.02. The van der Waals surface area contributed by atoms with Crippen molar-refractivity contribution in [3.63, 3.8) is 0 Å². The molecule has 1 aromatic carbocycles. The van der Waals surface area contributed by atoms with E-state index in [-0.39, 0.29) is 6.54 Å². The summed E-state index contributed by atoms with van der Waals surface area (Å²) in [4.78, 5) is 6.06. The zero-order valence-electron chi connectivity index (χ0n) is 11.0. The molecule has 0 aliphatic rings. The molecule has 0 bridgehead atoms. The van der Waals surface area contributed by atoms with Gasteiger partial charge in [-0.15, -0.1) is 22.9 Å². The number of rotatable bonds is 6. The first kappa shape index (κ1) is 15.4. The number of thiazole rings is 1. The van der Waals surface area contributed by atoms with Crippen molar-refractivity contribution in [1.29, 1.82) is 0 Å². The van der Waals surface area contributed by atoms with Gasteiger partial charge in [0.1, 0.15) is 5.01 Å². The van der Waals surface area contributed by atoms with Gasteiger partial charge in [-0.2, -0.15) is 0 Å². The van der Waals surface area contributed by atoms with Gasteiger partial charge in [-0.25, -0.2) is 13.8 Å². The molecule has 0 spiro atoms. The maximum absolute atomic E-state index is 12.4. The van der Waals surface area contributed by atoms with Crippen molar-refractivity contribution in [3.05, 3.63) is 40.9 Å². The Balaban J connectivity index is 2.21. The Kier molecular flexibility index (Phi) is 5.46. The molecule has 1 aromatic heterocycles. The monoisotopic (exact) mass is 316 g/mol. The zero-order valence-corrected chi connectivity index (χ0v) is 12.6. The zero-order chi connectivity index (χ0) is 14.5. The summed E-state index contributed by atoms with van der Waals surface area (Å²) in [5.74, 6) is 0.379. The largest absolute Gasteiger partial charge is 0.296 e. The second-order valence-electron chi connectivity index (χ2n) is 4.52. The normalized spacial score (nSPS) is 11.5. The van der Waals surface area contributed by atoms with Crippen molar-refractivity contribution >= 4 is 22.9 Å². The summed E-state index contributed by atoms with van der Waals surface area (Å²) in [6, 6.07) is 7.74. The van der Waals surface area contributed by atoms with E-state index in [4.69, 9.17) is 11.6 Å². The first-order chi connectivity index (χ1) is 9.60. The molecule has 6 heteroatoms. The van der Waals surface area contributed by atoms with Crippen LogP contribution in [-0.2, 0) is 12.4 Å². The maximum Gasteiger partial charge on any atom is 0.251 e. The minimum atomic E-state index is -2.32. The minimum Gasteiger partial charge on any atom is -0.296 e. The molecular formula is C14H15ClF2N2S. The highest BCUT2D eigenvalue weighted by Crippen LogP contribution is 2.28. The van der Waals surface area contributed by atoms with Crippen LogP contribution in [0.1, 0.15) is 11.3 Å². The summed E-state index contributed by atoms with van der Waals surface area (Å²) in [6.45, 7) is 0.232. The van der Waals surface area contributed by atoms with E-state index in [1.807, 2.05) is 29.6 Å². The third-order valence-electron chi connectivity index (χ3n) is 2.83. The van der Waals surface area contributed by atoms with Crippen LogP contribution in [0, 0.1) is 0 Å². The second-order valence-corrected chi connectivity index (χ2v) is 5.65. The van der Waals surface area contributed by atoms with Crippen molar-refractivity contribution in [2.45, 2.75) is 18.9 Å². The summed E-state index contributed by atoms with van der Waals surface area (Å²) in [6.07, 6.45) is -2.32. The van der Waals surface area contributed by atoms with Gasteiger partial charge in [-0.3, -0.25) is 4.90 Å². The lowest BCUT2D eigenvalue weighted by Crippen LogP contribution is -2.24. The maximum atomic E-state index is 12.4. The molecule has 0 aliphatic carbocycles. The Morgan fingerprint density at radius 3 is 2.75 bits per heavy atom. The van der Waals surface area contributed by atoms with Crippen molar-refractivity contribution in [2.75, 3.05) is 13.6 Å². The molecule has 0 saturated heterocycles. The smallest absolute Gasteiger partial charge is 0.251 e. The summed E-state index contributed by atoms with van der Waals surface area (Å²) in [5.41, 5.74) is 2.81. The van der Waals surface area contributed by atoms with E-state index in [0.717, 1.165) is 21.8 Å². The fourth-order valence-corrected chi connectivity index (χ4v) is 3.06. The molecule has 0 N–H and O–H groups in total. The third kappa shape index (κ3) is 3.98. The molecular weight excluding hydrogens is 302 g/mol. The van der Waals surface area contributed by atoms with Gasteiger partial charge in [0, 0.05) is 17.5 Å². The molecule has 0 atom stereocenters. The molecule has 2 rings (SSSR count). The van der Waals surface area contributed by atoms with E-state index in [0.29, 0.717) is 12.4 Å². The van der Waals surface area contributed by atoms with Gasteiger partial charge in [0.25, 0.3) is 6.43 Å². The Bertz CT molecular complexity index is 560. The van der Waals surface area contributed by atoms with E-state index >= 15 is 0 Å². The van der Waals surface area contributed by atoms with E-state index < -0.39 is 6.43 Å². The Morgan fingerprint density at radius 2 is 2.10 bits per heavy atom. The number of benzene rings is 1. The molecule has 0 fully saturated rings. The molecule has 2 nitrogen and oxygen atoms in total. The van der Waals surface area contributed by atoms with Crippen molar-refractivity contribution in [3.8, 4) is 10.6 Å². The van der Waals surface area contributed by atoms with Crippen molar-refractivity contribution < 1.29 is 8.78 Å². The molecule has 1 heterocycles. The van der Waals surface area contributed by atoms with Crippen LogP contribution in [-0.4, -0.2) is 29.9 Å². The summed E-state index contributed by atoms with van der Waals surface area (Å²) in [7, 11) is 1.69. The molecule has 20 heavy (non-hydrogen) atoms. The average molecular weight is 317 g/mol. The van der Waals surface area contributed by atoms with E-state index in [9.17, 15) is 8.78 Å². The fourth-order valence-electron chi connectivity index (χ4n) is 1.95. The molecule has 108 valence electrons. The van der Waals surface area contributed by atoms with Crippen molar-refractivity contribution in [2.24, 2.45) is 0 Å². The van der Waals surface area contributed by atoms with Gasteiger partial charge < -0.3 is 0 Å². The van der Waals surface area contributed by atoms with Crippen LogP contribution < -0.4 is 0 Å². The Morgan fingerprint density at radius 1 is 1.35 bits per heavy atom. The van der Waals surface area contributed by atoms with E-state index in [2.05, 4.69) is 4.98 Å². The van der Waals surface area contributed by atoms with Crippen LogP contribution in [0.4, 0.5) is 8.78 Å². The van der Waals surface area contributed by atoms with Gasteiger partial charge in [-0.1, -0.05) is 24.3 Å². The highest BCUT2D eigenvalue weighted by molar-refractivity contribution is 7.13. The minimum absolute atomic E-state index is 0.237. The Labute approximate surface area is 126 Å². The predicted molar refractivity (Wildman–Crippen MR) is 79.4 cm³/mol. The standard InChI is InChI=1S/C14H15ClF2N2S/c1-19(8-13(16)17)7-10-4-2-3-5-12(10)14-18-11(6-15)9-20-14/h2-5,9,13H,6-8H2,1H3. The first-order valence-electron chi connectivity index (χ1n) is 6.15. The van der Waals surface area contributed by atoms with Crippen LogP contribution >= 0.6 is 22.9 Å². The average Bonchev–Trinajstić information content (AvgIpc) is 2.87. The lowest BCUT2D eigenvalue weighted by atomic mass is 10.1. The van der Waals surface area contributed by atoms with Crippen molar-refractivity contribution in [1.82, 2.24) is 9.88 Å². The van der Waals surface area contributed by atoms with Crippen LogP contribution in [0.2, 0.25) is 0 Å². The van der Waals surface area contributed by atoms with E-state index in [1.54, 1.807) is 11.9 Å². The lowest BCUT2D eigenvalue weighted by Gasteiger charge is -2.17.